The van der Waals surface area contributed by atoms with Gasteiger partial charge in [-0.25, -0.2) is 5.43 Å². The molecular formula is C24H21Cl2N3O3. The third kappa shape index (κ3) is 7.11. The number of carbonyl (C=O) groups excluding carboxylic acids is 2. The third-order valence-electron chi connectivity index (χ3n) is 4.36. The van der Waals surface area contributed by atoms with Gasteiger partial charge in [-0.2, -0.15) is 5.10 Å². The van der Waals surface area contributed by atoms with Crippen LogP contribution >= 0.6 is 23.2 Å². The Hall–Kier alpha value is -3.35. The van der Waals surface area contributed by atoms with Crippen molar-refractivity contribution < 1.29 is 14.3 Å². The molecule has 0 aromatic heterocycles. The average Bonchev–Trinajstić information content (AvgIpc) is 2.76. The van der Waals surface area contributed by atoms with Gasteiger partial charge in [-0.15, -0.1) is 0 Å². The number of aryl methyl sites for hydroxylation is 1. The molecule has 0 atom stereocenters. The van der Waals surface area contributed by atoms with Crippen LogP contribution in [0.3, 0.4) is 0 Å². The first-order valence-corrected chi connectivity index (χ1v) is 10.5. The fourth-order valence-corrected chi connectivity index (χ4v) is 3.09. The number of carbonyl (C=O) groups is 2. The molecule has 0 aliphatic rings. The zero-order valence-corrected chi connectivity index (χ0v) is 18.8. The molecule has 0 saturated carbocycles. The number of amides is 2. The summed E-state index contributed by atoms with van der Waals surface area (Å²) in [6.07, 6.45) is 1.04. The summed E-state index contributed by atoms with van der Waals surface area (Å²) in [4.78, 5) is 24.0. The molecule has 0 heterocycles. The summed E-state index contributed by atoms with van der Waals surface area (Å²) in [5, 5.41) is 7.67. The van der Waals surface area contributed by atoms with E-state index in [4.69, 9.17) is 27.9 Å². The van der Waals surface area contributed by atoms with Crippen molar-refractivity contribution in [2.24, 2.45) is 5.10 Å². The van der Waals surface area contributed by atoms with Gasteiger partial charge in [0, 0.05) is 26.9 Å². The smallest absolute Gasteiger partial charge is 0.249 e. The third-order valence-corrected chi connectivity index (χ3v) is 4.97. The van der Waals surface area contributed by atoms with Crippen LogP contribution in [0.25, 0.3) is 0 Å². The van der Waals surface area contributed by atoms with Gasteiger partial charge in [0.25, 0.3) is 0 Å². The van der Waals surface area contributed by atoms with Crippen LogP contribution in [0, 0.1) is 6.92 Å². The second-order valence-corrected chi connectivity index (χ2v) is 7.79. The van der Waals surface area contributed by atoms with E-state index < -0.39 is 11.8 Å². The Labute approximate surface area is 196 Å². The lowest BCUT2D eigenvalue weighted by molar-refractivity contribution is -0.126. The predicted molar refractivity (Wildman–Crippen MR) is 127 cm³/mol. The number of halogens is 2. The van der Waals surface area contributed by atoms with E-state index in [0.717, 1.165) is 11.1 Å². The van der Waals surface area contributed by atoms with E-state index in [1.165, 1.54) is 6.21 Å². The van der Waals surface area contributed by atoms with Gasteiger partial charge < -0.3 is 10.1 Å². The van der Waals surface area contributed by atoms with Crippen molar-refractivity contribution in [3.8, 4) is 5.75 Å². The Morgan fingerprint density at radius 2 is 1.75 bits per heavy atom. The van der Waals surface area contributed by atoms with Crippen LogP contribution < -0.4 is 15.5 Å². The minimum atomic E-state index is -0.550. The van der Waals surface area contributed by atoms with Gasteiger partial charge in [0.15, 0.2) is 0 Å². The lowest BCUT2D eigenvalue weighted by atomic mass is 10.2. The van der Waals surface area contributed by atoms with E-state index in [2.05, 4.69) is 15.8 Å². The second-order valence-electron chi connectivity index (χ2n) is 6.95. The number of hydrogen-bond acceptors (Lipinski definition) is 4. The van der Waals surface area contributed by atoms with Crippen LogP contribution in [-0.4, -0.2) is 18.0 Å². The number of nitrogens with zero attached hydrogens (tertiary/aromatic N) is 1. The van der Waals surface area contributed by atoms with Crippen LogP contribution in [-0.2, 0) is 16.2 Å². The standard InChI is InChI=1S/C24H21Cl2N3O3/c1-16-6-9-20(10-7-16)28-23(30)13-24(31)29-27-14-18-12-19(25)8-11-22(18)32-15-17-4-2-3-5-21(17)26/h2-12,14H,13,15H2,1H3,(H,28,30)(H,29,31). The summed E-state index contributed by atoms with van der Waals surface area (Å²) in [6, 6.07) is 19.7. The first-order valence-electron chi connectivity index (χ1n) is 9.75. The Kier molecular flexibility index (Phi) is 8.25. The molecule has 2 N–H and O–H groups in total. The summed E-state index contributed by atoms with van der Waals surface area (Å²) in [5.41, 5.74) is 5.43. The SMILES string of the molecule is Cc1ccc(NC(=O)CC(=O)NN=Cc2cc(Cl)ccc2OCc2ccccc2Cl)cc1. The Morgan fingerprint density at radius 3 is 2.50 bits per heavy atom. The normalized spacial score (nSPS) is 10.7. The largest absolute Gasteiger partial charge is 0.488 e. The molecule has 0 fully saturated rings. The maximum absolute atomic E-state index is 12.0. The molecule has 3 rings (SSSR count). The molecule has 164 valence electrons. The van der Waals surface area contributed by atoms with E-state index in [0.29, 0.717) is 27.0 Å². The molecule has 0 unspecified atom stereocenters. The zero-order chi connectivity index (χ0) is 22.9. The maximum atomic E-state index is 12.0. The van der Waals surface area contributed by atoms with Gasteiger partial charge in [-0.3, -0.25) is 9.59 Å². The monoisotopic (exact) mass is 469 g/mol. The molecule has 3 aromatic carbocycles. The summed E-state index contributed by atoms with van der Waals surface area (Å²) >= 11 is 12.2. The predicted octanol–water partition coefficient (Wildman–Crippen LogP) is 5.36. The van der Waals surface area contributed by atoms with Crippen molar-refractivity contribution in [2.45, 2.75) is 20.0 Å². The summed E-state index contributed by atoms with van der Waals surface area (Å²) < 4.78 is 5.84. The van der Waals surface area contributed by atoms with Crippen LogP contribution in [0.2, 0.25) is 10.0 Å². The van der Waals surface area contributed by atoms with Gasteiger partial charge in [-0.05, 0) is 43.3 Å². The molecule has 0 aliphatic heterocycles. The molecule has 3 aromatic rings. The second kappa shape index (κ2) is 11.3. The molecule has 0 spiro atoms. The van der Waals surface area contributed by atoms with Gasteiger partial charge in [-0.1, -0.05) is 59.1 Å². The Morgan fingerprint density at radius 1 is 1.00 bits per heavy atom. The highest BCUT2D eigenvalue weighted by Gasteiger charge is 2.10. The van der Waals surface area contributed by atoms with Crippen molar-refractivity contribution >= 4 is 46.9 Å². The van der Waals surface area contributed by atoms with Crippen LogP contribution in [0.5, 0.6) is 5.75 Å². The van der Waals surface area contributed by atoms with Crippen molar-refractivity contribution in [2.75, 3.05) is 5.32 Å². The van der Waals surface area contributed by atoms with Crippen LogP contribution in [0.15, 0.2) is 71.8 Å². The average molecular weight is 470 g/mol. The first-order chi connectivity index (χ1) is 15.4. The van der Waals surface area contributed by atoms with E-state index in [9.17, 15) is 9.59 Å². The lowest BCUT2D eigenvalue weighted by Crippen LogP contribution is -2.24. The van der Waals surface area contributed by atoms with E-state index in [-0.39, 0.29) is 13.0 Å². The summed E-state index contributed by atoms with van der Waals surface area (Å²) in [6.45, 7) is 2.21. The number of benzene rings is 3. The maximum Gasteiger partial charge on any atom is 0.249 e. The van der Waals surface area contributed by atoms with Gasteiger partial charge >= 0.3 is 0 Å². The number of hydrazone groups is 1. The molecular weight excluding hydrogens is 449 g/mol. The molecule has 2 amide bonds. The highest BCUT2D eigenvalue weighted by Crippen LogP contribution is 2.24. The van der Waals surface area contributed by atoms with Crippen molar-refractivity contribution in [3.05, 3.63) is 93.5 Å². The Balaban J connectivity index is 1.56. The van der Waals surface area contributed by atoms with Crippen molar-refractivity contribution in [1.29, 1.82) is 0 Å². The minimum Gasteiger partial charge on any atom is -0.488 e. The summed E-state index contributed by atoms with van der Waals surface area (Å²) in [5.74, 6) is -0.469. The fourth-order valence-electron chi connectivity index (χ4n) is 2.72. The van der Waals surface area contributed by atoms with E-state index >= 15 is 0 Å². The molecule has 32 heavy (non-hydrogen) atoms. The highest BCUT2D eigenvalue weighted by atomic mass is 35.5. The zero-order valence-electron chi connectivity index (χ0n) is 17.3. The highest BCUT2D eigenvalue weighted by molar-refractivity contribution is 6.31. The molecule has 0 radical (unpaired) electrons. The minimum absolute atomic E-state index is 0.258. The van der Waals surface area contributed by atoms with Crippen LogP contribution in [0.4, 0.5) is 5.69 Å². The lowest BCUT2D eigenvalue weighted by Gasteiger charge is -2.10. The molecule has 0 bridgehead atoms. The number of rotatable bonds is 8. The fraction of sp³-hybridized carbons (Fsp3) is 0.125. The van der Waals surface area contributed by atoms with E-state index in [1.807, 2.05) is 37.3 Å². The van der Waals surface area contributed by atoms with Crippen molar-refractivity contribution in [3.63, 3.8) is 0 Å². The summed E-state index contributed by atoms with van der Waals surface area (Å²) in [7, 11) is 0. The number of ether oxygens (including phenoxy) is 1. The number of nitrogens with one attached hydrogen (secondary N) is 2. The molecule has 6 nitrogen and oxygen atoms in total. The number of anilines is 1. The Bertz CT molecular complexity index is 1130. The topological polar surface area (TPSA) is 79.8 Å². The van der Waals surface area contributed by atoms with Gasteiger partial charge in [0.1, 0.15) is 18.8 Å². The van der Waals surface area contributed by atoms with Gasteiger partial charge in [0.05, 0.1) is 6.21 Å². The first kappa shape index (κ1) is 23.3. The molecule has 8 heteroatoms. The van der Waals surface area contributed by atoms with Gasteiger partial charge in [0.2, 0.25) is 11.8 Å². The number of hydrogen-bond donors (Lipinski definition) is 2. The van der Waals surface area contributed by atoms with Crippen molar-refractivity contribution in [1.82, 2.24) is 5.43 Å². The molecule has 0 aliphatic carbocycles. The quantitative estimate of drug-likeness (QED) is 0.264. The molecule has 0 saturated heterocycles. The van der Waals surface area contributed by atoms with E-state index in [1.54, 1.807) is 36.4 Å². The van der Waals surface area contributed by atoms with Crippen LogP contribution in [0.1, 0.15) is 23.1 Å².